The molecule has 0 radical (unpaired) electrons. The average molecular weight is 331 g/mol. The second kappa shape index (κ2) is 6.55. The van der Waals surface area contributed by atoms with Crippen LogP contribution in [0.2, 0.25) is 0 Å². The molecule has 1 unspecified atom stereocenters. The Labute approximate surface area is 142 Å². The molecule has 1 aromatic rings. The van der Waals surface area contributed by atoms with E-state index in [0.717, 1.165) is 24.0 Å². The van der Waals surface area contributed by atoms with Gasteiger partial charge in [-0.05, 0) is 51.2 Å². The van der Waals surface area contributed by atoms with Crippen LogP contribution in [0.25, 0.3) is 0 Å². The van der Waals surface area contributed by atoms with E-state index in [1.54, 1.807) is 4.90 Å². The first-order chi connectivity index (χ1) is 11.4. The normalized spacial score (nSPS) is 23.7. The number of likely N-dealkylation sites (tertiary alicyclic amines) is 1. The summed E-state index contributed by atoms with van der Waals surface area (Å²) in [5, 5.41) is 0. The first-order valence-electron chi connectivity index (χ1n) is 8.59. The van der Waals surface area contributed by atoms with Crippen LogP contribution in [-0.4, -0.2) is 41.6 Å². The molecule has 2 aliphatic rings. The first-order valence-corrected chi connectivity index (χ1v) is 8.59. The van der Waals surface area contributed by atoms with Crippen LogP contribution in [0.15, 0.2) is 24.3 Å². The Bertz CT molecular complexity index is 634. The summed E-state index contributed by atoms with van der Waals surface area (Å²) in [6.07, 6.45) is 1.66. The van der Waals surface area contributed by atoms with Gasteiger partial charge < -0.3 is 14.4 Å². The molecule has 24 heavy (non-hydrogen) atoms. The zero-order valence-electron chi connectivity index (χ0n) is 14.6. The highest BCUT2D eigenvalue weighted by molar-refractivity contribution is 5.88. The van der Waals surface area contributed by atoms with Crippen molar-refractivity contribution in [1.29, 1.82) is 0 Å². The molecule has 0 aromatic heterocycles. The third-order valence-corrected chi connectivity index (χ3v) is 4.43. The van der Waals surface area contributed by atoms with E-state index in [9.17, 15) is 9.59 Å². The standard InChI is InChI=1S/C19H25NO4/c1-19(2,3)24-18(22)15-9-6-11-20(15)17(21)16-14-8-5-4-7-13(14)10-12-23-16/h4-5,7-8,15-16H,6,9-12H2,1-3H3/t15-,16?/m0/s1. The lowest BCUT2D eigenvalue weighted by Crippen LogP contribution is -2.46. The van der Waals surface area contributed by atoms with Gasteiger partial charge in [0.15, 0.2) is 6.10 Å². The molecule has 0 bridgehead atoms. The molecular weight excluding hydrogens is 306 g/mol. The Balaban J connectivity index is 1.78. The molecule has 3 rings (SSSR count). The summed E-state index contributed by atoms with van der Waals surface area (Å²) in [6, 6.07) is 7.37. The molecule has 0 saturated carbocycles. The Morgan fingerprint density at radius 3 is 2.75 bits per heavy atom. The minimum absolute atomic E-state index is 0.129. The molecule has 1 saturated heterocycles. The summed E-state index contributed by atoms with van der Waals surface area (Å²) < 4.78 is 11.2. The highest BCUT2D eigenvalue weighted by atomic mass is 16.6. The monoisotopic (exact) mass is 331 g/mol. The van der Waals surface area contributed by atoms with Crippen molar-refractivity contribution >= 4 is 11.9 Å². The van der Waals surface area contributed by atoms with Gasteiger partial charge in [0.2, 0.25) is 0 Å². The van der Waals surface area contributed by atoms with Crippen LogP contribution < -0.4 is 0 Å². The highest BCUT2D eigenvalue weighted by Crippen LogP contribution is 2.31. The van der Waals surface area contributed by atoms with Crippen LogP contribution in [-0.2, 0) is 25.5 Å². The van der Waals surface area contributed by atoms with Gasteiger partial charge in [-0.25, -0.2) is 4.79 Å². The summed E-state index contributed by atoms with van der Waals surface area (Å²) in [5.74, 6) is -0.451. The highest BCUT2D eigenvalue weighted by Gasteiger charge is 2.41. The Morgan fingerprint density at radius 2 is 2.00 bits per heavy atom. The fraction of sp³-hybridized carbons (Fsp3) is 0.579. The van der Waals surface area contributed by atoms with Crippen molar-refractivity contribution in [1.82, 2.24) is 4.90 Å². The van der Waals surface area contributed by atoms with Crippen LogP contribution in [0.4, 0.5) is 0 Å². The number of benzene rings is 1. The van der Waals surface area contributed by atoms with Crippen molar-refractivity contribution in [2.45, 2.75) is 57.8 Å². The molecule has 2 aliphatic heterocycles. The van der Waals surface area contributed by atoms with Gasteiger partial charge >= 0.3 is 5.97 Å². The average Bonchev–Trinajstić information content (AvgIpc) is 3.02. The number of amides is 1. The molecule has 0 aliphatic carbocycles. The topological polar surface area (TPSA) is 55.8 Å². The lowest BCUT2D eigenvalue weighted by atomic mass is 9.96. The van der Waals surface area contributed by atoms with Gasteiger partial charge in [-0.2, -0.15) is 0 Å². The van der Waals surface area contributed by atoms with Gasteiger partial charge in [-0.3, -0.25) is 4.79 Å². The van der Waals surface area contributed by atoms with Crippen molar-refractivity contribution in [3.05, 3.63) is 35.4 Å². The Kier molecular flexibility index (Phi) is 4.63. The zero-order valence-corrected chi connectivity index (χ0v) is 14.6. The van der Waals surface area contributed by atoms with Crippen LogP contribution in [0.5, 0.6) is 0 Å². The van der Waals surface area contributed by atoms with E-state index in [0.29, 0.717) is 19.6 Å². The summed E-state index contributed by atoms with van der Waals surface area (Å²) in [4.78, 5) is 27.1. The van der Waals surface area contributed by atoms with Crippen molar-refractivity contribution in [3.8, 4) is 0 Å². The largest absolute Gasteiger partial charge is 0.458 e. The molecule has 5 heteroatoms. The summed E-state index contributed by atoms with van der Waals surface area (Å²) in [7, 11) is 0. The fourth-order valence-electron chi connectivity index (χ4n) is 3.39. The smallest absolute Gasteiger partial charge is 0.329 e. The fourth-order valence-corrected chi connectivity index (χ4v) is 3.39. The molecule has 130 valence electrons. The number of carbonyl (C=O) groups excluding carboxylic acids is 2. The number of nitrogens with zero attached hydrogens (tertiary/aromatic N) is 1. The minimum Gasteiger partial charge on any atom is -0.458 e. The van der Waals surface area contributed by atoms with E-state index < -0.39 is 17.7 Å². The van der Waals surface area contributed by atoms with E-state index in [1.807, 2.05) is 45.0 Å². The maximum absolute atomic E-state index is 13.0. The number of hydrogen-bond acceptors (Lipinski definition) is 4. The van der Waals surface area contributed by atoms with Gasteiger partial charge in [0.25, 0.3) is 5.91 Å². The summed E-state index contributed by atoms with van der Waals surface area (Å²) >= 11 is 0. The molecule has 1 aromatic carbocycles. The predicted octanol–water partition coefficient (Wildman–Crippen LogP) is 2.63. The Hall–Kier alpha value is -1.88. The quantitative estimate of drug-likeness (QED) is 0.782. The van der Waals surface area contributed by atoms with Crippen LogP contribution >= 0.6 is 0 Å². The first kappa shape index (κ1) is 17.0. The van der Waals surface area contributed by atoms with Gasteiger partial charge in [0, 0.05) is 6.54 Å². The van der Waals surface area contributed by atoms with E-state index in [4.69, 9.17) is 9.47 Å². The van der Waals surface area contributed by atoms with Crippen LogP contribution in [0.3, 0.4) is 0 Å². The van der Waals surface area contributed by atoms with E-state index in [1.165, 1.54) is 0 Å². The molecule has 5 nitrogen and oxygen atoms in total. The SMILES string of the molecule is CC(C)(C)OC(=O)[C@@H]1CCCN1C(=O)C1OCCc2ccccc21. The molecule has 1 fully saturated rings. The van der Waals surface area contributed by atoms with Crippen molar-refractivity contribution in [2.24, 2.45) is 0 Å². The van der Waals surface area contributed by atoms with Crippen molar-refractivity contribution in [3.63, 3.8) is 0 Å². The molecule has 2 heterocycles. The third kappa shape index (κ3) is 3.46. The molecule has 0 spiro atoms. The second-order valence-corrected chi connectivity index (χ2v) is 7.42. The maximum Gasteiger partial charge on any atom is 0.329 e. The zero-order chi connectivity index (χ0) is 17.3. The predicted molar refractivity (Wildman–Crippen MR) is 89.4 cm³/mol. The van der Waals surface area contributed by atoms with Crippen LogP contribution in [0, 0.1) is 0 Å². The number of rotatable bonds is 2. The van der Waals surface area contributed by atoms with E-state index in [-0.39, 0.29) is 11.9 Å². The van der Waals surface area contributed by atoms with Gasteiger partial charge in [-0.15, -0.1) is 0 Å². The number of esters is 1. The lowest BCUT2D eigenvalue weighted by Gasteiger charge is -2.32. The molecule has 0 N–H and O–H groups in total. The molecular formula is C19H25NO4. The second-order valence-electron chi connectivity index (χ2n) is 7.42. The van der Waals surface area contributed by atoms with Crippen molar-refractivity contribution < 1.29 is 19.1 Å². The number of hydrogen-bond donors (Lipinski definition) is 0. The third-order valence-electron chi connectivity index (χ3n) is 4.43. The van der Waals surface area contributed by atoms with Crippen molar-refractivity contribution in [2.75, 3.05) is 13.2 Å². The number of fused-ring (bicyclic) bond motifs is 1. The molecule has 2 atom stereocenters. The Morgan fingerprint density at radius 1 is 1.25 bits per heavy atom. The number of carbonyl (C=O) groups is 2. The lowest BCUT2D eigenvalue weighted by molar-refractivity contribution is -0.166. The van der Waals surface area contributed by atoms with Gasteiger partial charge in [-0.1, -0.05) is 24.3 Å². The molecule has 1 amide bonds. The summed E-state index contributed by atoms with van der Waals surface area (Å²) in [6.45, 7) is 6.62. The van der Waals surface area contributed by atoms with Crippen LogP contribution in [0.1, 0.15) is 50.8 Å². The van der Waals surface area contributed by atoms with Gasteiger partial charge in [0.1, 0.15) is 11.6 Å². The summed E-state index contributed by atoms with van der Waals surface area (Å²) in [5.41, 5.74) is 1.51. The van der Waals surface area contributed by atoms with E-state index in [2.05, 4.69) is 0 Å². The minimum atomic E-state index is -0.613. The van der Waals surface area contributed by atoms with Gasteiger partial charge in [0.05, 0.1) is 6.61 Å². The van der Waals surface area contributed by atoms with E-state index >= 15 is 0 Å². The maximum atomic E-state index is 13.0. The number of ether oxygens (including phenoxy) is 2.